The number of phenols is 2. The van der Waals surface area contributed by atoms with Gasteiger partial charge in [0.25, 0.3) is 5.91 Å². The maximum atomic E-state index is 12.4. The lowest BCUT2D eigenvalue weighted by Gasteiger charge is -2.16. The Kier molecular flexibility index (Phi) is 5.73. The van der Waals surface area contributed by atoms with E-state index in [0.29, 0.717) is 16.5 Å². The van der Waals surface area contributed by atoms with Gasteiger partial charge in [-0.3, -0.25) is 4.79 Å². The fourth-order valence-corrected chi connectivity index (χ4v) is 3.22. The maximum Gasteiger partial charge on any atom is 0.342 e. The smallest absolute Gasteiger partial charge is 0.342 e. The molecule has 0 atom stereocenters. The van der Waals surface area contributed by atoms with E-state index in [9.17, 15) is 19.8 Å². The number of phenolic OH excluding ortho intramolecular Hbond substituents is 2. The second-order valence-electron chi connectivity index (χ2n) is 7.16. The minimum atomic E-state index is -0.896. The fourth-order valence-electron chi connectivity index (χ4n) is 3.22. The molecular weight excluding hydrogens is 370 g/mol. The molecule has 6 heteroatoms. The lowest BCUT2D eigenvalue weighted by Crippen LogP contribution is -2.22. The first-order valence-corrected chi connectivity index (χ1v) is 9.29. The summed E-state index contributed by atoms with van der Waals surface area (Å²) < 4.78 is 5.06. The quantitative estimate of drug-likeness (QED) is 0.439. The Morgan fingerprint density at radius 2 is 1.72 bits per heavy atom. The van der Waals surface area contributed by atoms with Gasteiger partial charge in [-0.25, -0.2) is 4.79 Å². The zero-order valence-corrected chi connectivity index (χ0v) is 16.5. The van der Waals surface area contributed by atoms with Crippen LogP contribution < -0.4 is 5.32 Å². The van der Waals surface area contributed by atoms with Gasteiger partial charge in [0.2, 0.25) is 0 Å². The van der Waals surface area contributed by atoms with Crippen LogP contribution in [0, 0.1) is 6.92 Å². The number of rotatable bonds is 5. The number of hydrogen-bond donors (Lipinski definition) is 3. The van der Waals surface area contributed by atoms with Crippen LogP contribution in [0.4, 0.5) is 5.69 Å². The summed E-state index contributed by atoms with van der Waals surface area (Å²) in [4.78, 5) is 24.7. The Bertz CT molecular complexity index is 1090. The zero-order chi connectivity index (χ0) is 21.1. The molecule has 150 valence electrons. The molecule has 0 aromatic heterocycles. The number of anilines is 1. The third-order valence-electron chi connectivity index (χ3n) is 4.74. The first-order chi connectivity index (χ1) is 13.8. The van der Waals surface area contributed by atoms with Gasteiger partial charge in [0.15, 0.2) is 6.61 Å². The van der Waals surface area contributed by atoms with Gasteiger partial charge < -0.3 is 20.3 Å². The molecule has 0 aliphatic rings. The largest absolute Gasteiger partial charge is 0.507 e. The van der Waals surface area contributed by atoms with Gasteiger partial charge in [-0.05, 0) is 30.0 Å². The number of aromatic hydroxyl groups is 2. The Labute approximate surface area is 168 Å². The van der Waals surface area contributed by atoms with Gasteiger partial charge in [0, 0.05) is 16.5 Å². The van der Waals surface area contributed by atoms with Gasteiger partial charge in [-0.2, -0.15) is 0 Å². The number of carbonyl (C=O) groups excluding carboxylic acids is 2. The maximum absolute atomic E-state index is 12.4. The van der Waals surface area contributed by atoms with Crippen molar-refractivity contribution in [3.63, 3.8) is 0 Å². The molecule has 0 heterocycles. The lowest BCUT2D eigenvalue weighted by atomic mass is 9.98. The second kappa shape index (κ2) is 8.22. The molecule has 0 saturated heterocycles. The number of aryl methyl sites for hydroxylation is 1. The Morgan fingerprint density at radius 3 is 2.41 bits per heavy atom. The van der Waals surface area contributed by atoms with E-state index in [-0.39, 0.29) is 23.0 Å². The second-order valence-corrected chi connectivity index (χ2v) is 7.16. The van der Waals surface area contributed by atoms with Crippen molar-refractivity contribution in [2.24, 2.45) is 0 Å². The van der Waals surface area contributed by atoms with Crippen LogP contribution in [0.25, 0.3) is 10.8 Å². The van der Waals surface area contributed by atoms with Crippen molar-refractivity contribution in [2.75, 3.05) is 11.9 Å². The van der Waals surface area contributed by atoms with Crippen molar-refractivity contribution in [1.82, 2.24) is 0 Å². The van der Waals surface area contributed by atoms with Crippen molar-refractivity contribution in [1.29, 1.82) is 0 Å². The number of ether oxygens (including phenoxy) is 1. The Morgan fingerprint density at radius 1 is 1.03 bits per heavy atom. The average Bonchev–Trinajstić information content (AvgIpc) is 2.70. The Balaban J connectivity index is 1.74. The highest BCUT2D eigenvalue weighted by atomic mass is 16.5. The average molecular weight is 393 g/mol. The zero-order valence-electron chi connectivity index (χ0n) is 16.5. The molecule has 6 nitrogen and oxygen atoms in total. The standard InChI is InChI=1S/C23H23NO5/c1-13(2)15-10-6-7-14(3)21(15)24-20(26)12-29-23(28)18-11-19(25)16-8-4-5-9-17(16)22(18)27/h4-11,13,25,27H,12H2,1-3H3,(H,24,26). The number of benzene rings is 3. The minimum absolute atomic E-state index is 0.156. The van der Waals surface area contributed by atoms with Crippen LogP contribution in [0.3, 0.4) is 0 Å². The highest BCUT2D eigenvalue weighted by molar-refractivity contribution is 6.04. The monoisotopic (exact) mass is 393 g/mol. The van der Waals surface area contributed by atoms with Crippen LogP contribution in [0.15, 0.2) is 48.5 Å². The van der Waals surface area contributed by atoms with Gasteiger partial charge in [0.05, 0.1) is 0 Å². The third kappa shape index (κ3) is 4.16. The van der Waals surface area contributed by atoms with Gasteiger partial charge in [-0.15, -0.1) is 0 Å². The molecule has 3 aromatic rings. The molecule has 3 N–H and O–H groups in total. The number of esters is 1. The molecule has 0 radical (unpaired) electrons. The van der Waals surface area contributed by atoms with E-state index in [2.05, 4.69) is 5.32 Å². The minimum Gasteiger partial charge on any atom is -0.507 e. The van der Waals surface area contributed by atoms with Gasteiger partial charge in [-0.1, -0.05) is 56.3 Å². The summed E-state index contributed by atoms with van der Waals surface area (Å²) in [5.41, 5.74) is 2.40. The van der Waals surface area contributed by atoms with E-state index >= 15 is 0 Å². The number of carbonyl (C=O) groups is 2. The fraction of sp³-hybridized carbons (Fsp3) is 0.217. The number of para-hydroxylation sites is 1. The molecule has 0 saturated carbocycles. The van der Waals surface area contributed by atoms with E-state index in [1.807, 2.05) is 39.0 Å². The molecule has 0 fully saturated rings. The summed E-state index contributed by atoms with van der Waals surface area (Å²) in [6, 6.07) is 13.5. The molecule has 3 rings (SSSR count). The van der Waals surface area contributed by atoms with Crippen LogP contribution in [0.5, 0.6) is 11.5 Å². The number of nitrogens with one attached hydrogen (secondary N) is 1. The SMILES string of the molecule is Cc1cccc(C(C)C)c1NC(=O)COC(=O)c1cc(O)c2ccccc2c1O. The van der Waals surface area contributed by atoms with E-state index < -0.39 is 18.5 Å². The van der Waals surface area contributed by atoms with E-state index in [1.165, 1.54) is 0 Å². The molecule has 0 spiro atoms. The van der Waals surface area contributed by atoms with Crippen molar-refractivity contribution in [2.45, 2.75) is 26.7 Å². The topological polar surface area (TPSA) is 95.9 Å². The highest BCUT2D eigenvalue weighted by Crippen LogP contribution is 2.35. The number of fused-ring (bicyclic) bond motifs is 1. The van der Waals surface area contributed by atoms with Crippen molar-refractivity contribution in [3.8, 4) is 11.5 Å². The summed E-state index contributed by atoms with van der Waals surface area (Å²) in [6.45, 7) is 5.43. The van der Waals surface area contributed by atoms with Crippen LogP contribution in [0.1, 0.15) is 41.3 Å². The summed E-state index contributed by atoms with van der Waals surface area (Å²) in [6.07, 6.45) is 0. The highest BCUT2D eigenvalue weighted by Gasteiger charge is 2.20. The molecular formula is C23H23NO5. The number of amides is 1. The van der Waals surface area contributed by atoms with Crippen molar-refractivity contribution in [3.05, 3.63) is 65.2 Å². The number of hydrogen-bond acceptors (Lipinski definition) is 5. The predicted molar refractivity (Wildman–Crippen MR) is 111 cm³/mol. The molecule has 3 aromatic carbocycles. The molecule has 29 heavy (non-hydrogen) atoms. The third-order valence-corrected chi connectivity index (χ3v) is 4.74. The van der Waals surface area contributed by atoms with Gasteiger partial charge in [0.1, 0.15) is 17.1 Å². The van der Waals surface area contributed by atoms with Crippen LogP contribution in [-0.2, 0) is 9.53 Å². The van der Waals surface area contributed by atoms with E-state index in [0.717, 1.165) is 17.2 Å². The molecule has 0 aliphatic heterocycles. The van der Waals surface area contributed by atoms with E-state index in [1.54, 1.807) is 24.3 Å². The van der Waals surface area contributed by atoms with Crippen LogP contribution >= 0.6 is 0 Å². The molecule has 0 unspecified atom stereocenters. The van der Waals surface area contributed by atoms with Gasteiger partial charge >= 0.3 is 5.97 Å². The van der Waals surface area contributed by atoms with Crippen LogP contribution in [0.2, 0.25) is 0 Å². The lowest BCUT2D eigenvalue weighted by molar-refractivity contribution is -0.119. The predicted octanol–water partition coefficient (Wildman–Crippen LogP) is 4.48. The van der Waals surface area contributed by atoms with Crippen LogP contribution in [-0.4, -0.2) is 28.7 Å². The summed E-state index contributed by atoms with van der Waals surface area (Å²) in [7, 11) is 0. The van der Waals surface area contributed by atoms with Crippen molar-refractivity contribution < 1.29 is 24.5 Å². The molecule has 0 bridgehead atoms. The first-order valence-electron chi connectivity index (χ1n) is 9.29. The van der Waals surface area contributed by atoms with Crippen molar-refractivity contribution >= 4 is 28.3 Å². The summed E-state index contributed by atoms with van der Waals surface area (Å²) in [5, 5.41) is 24.0. The normalized spacial score (nSPS) is 10.9. The summed E-state index contributed by atoms with van der Waals surface area (Å²) >= 11 is 0. The molecule has 1 amide bonds. The Hall–Kier alpha value is -3.54. The first kappa shape index (κ1) is 20.2. The molecule has 0 aliphatic carbocycles. The van der Waals surface area contributed by atoms with E-state index in [4.69, 9.17) is 4.74 Å². The summed E-state index contributed by atoms with van der Waals surface area (Å²) in [5.74, 6) is -1.63.